The number of benzene rings is 1. The number of carboxylic acids is 1. The molecule has 106 valence electrons. The normalized spacial score (nSPS) is 12.7. The maximum absolute atomic E-state index is 13.4. The van der Waals surface area contributed by atoms with E-state index in [0.717, 1.165) is 0 Å². The molecule has 0 spiro atoms. The molecule has 0 aliphatic heterocycles. The van der Waals surface area contributed by atoms with E-state index in [1.165, 1.54) is 12.1 Å². The molecule has 0 bridgehead atoms. The van der Waals surface area contributed by atoms with Crippen LogP contribution >= 0.6 is 11.6 Å². The van der Waals surface area contributed by atoms with Crippen molar-refractivity contribution in [2.24, 2.45) is 11.8 Å². The summed E-state index contributed by atoms with van der Waals surface area (Å²) in [6, 6.07) is 4.34. The standard InChI is InChI=1S/C14H19ClFNO2/c1-9(2)5-11(14(18)19)8-17-7-10-6-12(15)3-4-13(10)16/h3-4,6,9,11,17H,5,7-8H2,1-2H3,(H,18,19). The Morgan fingerprint density at radius 3 is 2.74 bits per heavy atom. The van der Waals surface area contributed by atoms with Gasteiger partial charge >= 0.3 is 5.97 Å². The van der Waals surface area contributed by atoms with Crippen LogP contribution in [0.3, 0.4) is 0 Å². The molecule has 3 nitrogen and oxygen atoms in total. The van der Waals surface area contributed by atoms with Crippen LogP contribution < -0.4 is 5.32 Å². The molecule has 0 heterocycles. The SMILES string of the molecule is CC(C)CC(CNCc1cc(Cl)ccc1F)C(=O)O. The molecule has 0 saturated heterocycles. The predicted molar refractivity (Wildman–Crippen MR) is 73.7 cm³/mol. The molecule has 19 heavy (non-hydrogen) atoms. The van der Waals surface area contributed by atoms with Gasteiger partial charge in [-0.2, -0.15) is 0 Å². The van der Waals surface area contributed by atoms with Crippen LogP contribution in [-0.4, -0.2) is 17.6 Å². The number of rotatable bonds is 7. The summed E-state index contributed by atoms with van der Waals surface area (Å²) in [5, 5.41) is 12.5. The molecule has 0 amide bonds. The number of aliphatic carboxylic acids is 1. The van der Waals surface area contributed by atoms with Crippen LogP contribution in [0, 0.1) is 17.7 Å². The van der Waals surface area contributed by atoms with Gasteiger partial charge < -0.3 is 10.4 Å². The van der Waals surface area contributed by atoms with Crippen LogP contribution in [0.1, 0.15) is 25.8 Å². The maximum Gasteiger partial charge on any atom is 0.307 e. The number of carbonyl (C=O) groups is 1. The Hall–Kier alpha value is -1.13. The van der Waals surface area contributed by atoms with Crippen LogP contribution in [0.5, 0.6) is 0 Å². The summed E-state index contributed by atoms with van der Waals surface area (Å²) in [7, 11) is 0. The van der Waals surface area contributed by atoms with Gasteiger partial charge in [-0.15, -0.1) is 0 Å². The second-order valence-electron chi connectivity index (χ2n) is 5.03. The van der Waals surface area contributed by atoms with Crippen LogP contribution in [0.2, 0.25) is 5.02 Å². The Morgan fingerprint density at radius 1 is 1.47 bits per heavy atom. The Kier molecular flexibility index (Phi) is 6.25. The van der Waals surface area contributed by atoms with Gasteiger partial charge in [0.25, 0.3) is 0 Å². The molecule has 1 unspecified atom stereocenters. The second kappa shape index (κ2) is 7.46. The molecule has 1 atom stereocenters. The van der Waals surface area contributed by atoms with Crippen LogP contribution in [0.15, 0.2) is 18.2 Å². The summed E-state index contributed by atoms with van der Waals surface area (Å²) in [5.74, 6) is -1.31. The van der Waals surface area contributed by atoms with E-state index >= 15 is 0 Å². The predicted octanol–water partition coefficient (Wildman–Crippen LogP) is 3.32. The monoisotopic (exact) mass is 287 g/mol. The van der Waals surface area contributed by atoms with Crippen molar-refractivity contribution in [1.82, 2.24) is 5.32 Å². The van der Waals surface area contributed by atoms with Crippen LogP contribution in [-0.2, 0) is 11.3 Å². The molecule has 5 heteroatoms. The van der Waals surface area contributed by atoms with E-state index in [1.54, 1.807) is 6.07 Å². The van der Waals surface area contributed by atoms with Gasteiger partial charge in [0.2, 0.25) is 0 Å². The molecule has 0 aliphatic carbocycles. The highest BCUT2D eigenvalue weighted by Crippen LogP contribution is 2.15. The van der Waals surface area contributed by atoms with E-state index < -0.39 is 11.9 Å². The molecule has 0 fully saturated rings. The molecule has 1 rings (SSSR count). The van der Waals surface area contributed by atoms with E-state index in [-0.39, 0.29) is 12.4 Å². The number of halogens is 2. The highest BCUT2D eigenvalue weighted by atomic mass is 35.5. The van der Waals surface area contributed by atoms with Crippen molar-refractivity contribution < 1.29 is 14.3 Å². The molecule has 2 N–H and O–H groups in total. The number of carboxylic acid groups (broad SMARTS) is 1. The van der Waals surface area contributed by atoms with Crippen LogP contribution in [0.4, 0.5) is 4.39 Å². The van der Waals surface area contributed by atoms with Gasteiger partial charge in [0.1, 0.15) is 5.82 Å². The average molecular weight is 288 g/mol. The lowest BCUT2D eigenvalue weighted by atomic mass is 9.97. The van der Waals surface area contributed by atoms with Gasteiger partial charge in [-0.25, -0.2) is 4.39 Å². The van der Waals surface area contributed by atoms with Gasteiger partial charge in [0.15, 0.2) is 0 Å². The first-order chi connectivity index (χ1) is 8.90. The third kappa shape index (κ3) is 5.57. The number of hydrogen-bond acceptors (Lipinski definition) is 2. The van der Waals surface area contributed by atoms with Crippen molar-refractivity contribution in [3.05, 3.63) is 34.6 Å². The zero-order valence-corrected chi connectivity index (χ0v) is 11.9. The van der Waals surface area contributed by atoms with Gasteiger partial charge in [-0.1, -0.05) is 25.4 Å². The largest absolute Gasteiger partial charge is 0.481 e. The first kappa shape index (κ1) is 15.9. The van der Waals surface area contributed by atoms with Gasteiger partial charge in [-0.3, -0.25) is 4.79 Å². The molecular weight excluding hydrogens is 269 g/mol. The Morgan fingerprint density at radius 2 is 2.16 bits per heavy atom. The topological polar surface area (TPSA) is 49.3 Å². The lowest BCUT2D eigenvalue weighted by Crippen LogP contribution is -2.29. The van der Waals surface area contributed by atoms with E-state index in [0.29, 0.717) is 29.5 Å². The first-order valence-corrected chi connectivity index (χ1v) is 6.65. The van der Waals surface area contributed by atoms with Gasteiger partial charge in [0, 0.05) is 23.7 Å². The first-order valence-electron chi connectivity index (χ1n) is 6.27. The zero-order valence-electron chi connectivity index (χ0n) is 11.1. The Bertz CT molecular complexity index is 437. The zero-order chi connectivity index (χ0) is 14.4. The molecule has 1 aromatic carbocycles. The third-order valence-electron chi connectivity index (χ3n) is 2.82. The average Bonchev–Trinajstić information content (AvgIpc) is 2.31. The van der Waals surface area contributed by atoms with E-state index in [9.17, 15) is 9.18 Å². The third-order valence-corrected chi connectivity index (χ3v) is 3.05. The summed E-state index contributed by atoms with van der Waals surface area (Å²) in [6.45, 7) is 4.55. The van der Waals surface area contributed by atoms with Crippen molar-refractivity contribution in [2.45, 2.75) is 26.8 Å². The fraction of sp³-hybridized carbons (Fsp3) is 0.500. The van der Waals surface area contributed by atoms with E-state index in [1.807, 2.05) is 13.8 Å². The Labute approximate surface area is 117 Å². The summed E-state index contributed by atoms with van der Waals surface area (Å²) in [5.41, 5.74) is 0.446. The maximum atomic E-state index is 13.4. The minimum Gasteiger partial charge on any atom is -0.481 e. The van der Waals surface area contributed by atoms with E-state index in [2.05, 4.69) is 5.32 Å². The molecule has 0 aromatic heterocycles. The molecule has 1 aromatic rings. The van der Waals surface area contributed by atoms with Crippen molar-refractivity contribution in [2.75, 3.05) is 6.54 Å². The van der Waals surface area contributed by atoms with Crippen molar-refractivity contribution >= 4 is 17.6 Å². The highest BCUT2D eigenvalue weighted by Gasteiger charge is 2.18. The van der Waals surface area contributed by atoms with Crippen molar-refractivity contribution in [1.29, 1.82) is 0 Å². The fourth-order valence-electron chi connectivity index (χ4n) is 1.90. The van der Waals surface area contributed by atoms with Crippen molar-refractivity contribution in [3.63, 3.8) is 0 Å². The summed E-state index contributed by atoms with van der Waals surface area (Å²) >= 11 is 5.79. The molecule has 0 radical (unpaired) electrons. The van der Waals surface area contributed by atoms with Crippen molar-refractivity contribution in [3.8, 4) is 0 Å². The number of nitrogens with one attached hydrogen (secondary N) is 1. The minimum atomic E-state index is -0.826. The second-order valence-corrected chi connectivity index (χ2v) is 5.47. The van der Waals surface area contributed by atoms with Gasteiger partial charge in [0.05, 0.1) is 5.92 Å². The Balaban J connectivity index is 2.52. The fourth-order valence-corrected chi connectivity index (χ4v) is 2.10. The molecular formula is C14H19ClFNO2. The number of hydrogen-bond donors (Lipinski definition) is 2. The van der Waals surface area contributed by atoms with Crippen LogP contribution in [0.25, 0.3) is 0 Å². The van der Waals surface area contributed by atoms with Gasteiger partial charge in [-0.05, 0) is 30.5 Å². The molecule has 0 saturated carbocycles. The smallest absolute Gasteiger partial charge is 0.307 e. The lowest BCUT2D eigenvalue weighted by Gasteiger charge is -2.15. The quantitative estimate of drug-likeness (QED) is 0.809. The minimum absolute atomic E-state index is 0.272. The summed E-state index contributed by atoms with van der Waals surface area (Å²) in [6.07, 6.45) is 0.598. The summed E-state index contributed by atoms with van der Waals surface area (Å²) in [4.78, 5) is 11.1. The van der Waals surface area contributed by atoms with E-state index in [4.69, 9.17) is 16.7 Å². The summed E-state index contributed by atoms with van der Waals surface area (Å²) < 4.78 is 13.4. The lowest BCUT2D eigenvalue weighted by molar-refractivity contribution is -0.142. The highest BCUT2D eigenvalue weighted by molar-refractivity contribution is 6.30. The molecule has 0 aliphatic rings.